The first-order valence-corrected chi connectivity index (χ1v) is 9.58. The quantitative estimate of drug-likeness (QED) is 0.512. The molecule has 7 heteroatoms. The Morgan fingerprint density at radius 1 is 1.07 bits per heavy atom. The van der Waals surface area contributed by atoms with E-state index in [1.54, 1.807) is 0 Å². The second-order valence-electron chi connectivity index (χ2n) is 7.17. The lowest BCUT2D eigenvalue weighted by molar-refractivity contribution is -0.128. The van der Waals surface area contributed by atoms with Crippen LogP contribution < -0.4 is 5.32 Å². The summed E-state index contributed by atoms with van der Waals surface area (Å²) in [5.41, 5.74) is 2.95. The number of aliphatic hydroxyl groups is 1. The number of para-hydroxylation sites is 1. The Kier molecular flexibility index (Phi) is 5.59. The highest BCUT2D eigenvalue weighted by atomic mass is 16.5. The maximum atomic E-state index is 12.7. The number of aromatic amines is 1. The molecule has 2 atom stereocenters. The Hall–Kier alpha value is -3.16. The van der Waals surface area contributed by atoms with Crippen LogP contribution in [0, 0.1) is 0 Å². The maximum absolute atomic E-state index is 12.7. The molecule has 7 nitrogen and oxygen atoms in total. The number of aromatic nitrogens is 1. The van der Waals surface area contributed by atoms with Crippen molar-refractivity contribution in [3.8, 4) is 0 Å². The standard InChI is InChI=1S/C22H23N3O4/c26-17(14-29-13-15-6-2-1-3-7-15)12-25-21(27)20(24-22(25)28)10-16-11-23-19-9-5-4-8-18(16)19/h1-9,11,17,20,23,26H,10,12-14H2,(H,24,28)/t17-,20-/m1/s1. The van der Waals surface area contributed by atoms with E-state index < -0.39 is 18.2 Å². The summed E-state index contributed by atoms with van der Waals surface area (Å²) in [4.78, 5) is 29.2. The summed E-state index contributed by atoms with van der Waals surface area (Å²) in [5.74, 6) is -0.331. The lowest BCUT2D eigenvalue weighted by Gasteiger charge is -2.18. The molecule has 1 aliphatic rings. The van der Waals surface area contributed by atoms with Gasteiger partial charge in [0.25, 0.3) is 5.91 Å². The van der Waals surface area contributed by atoms with Gasteiger partial charge in [0.15, 0.2) is 0 Å². The van der Waals surface area contributed by atoms with Gasteiger partial charge in [-0.15, -0.1) is 0 Å². The van der Waals surface area contributed by atoms with Gasteiger partial charge < -0.3 is 20.1 Å². The van der Waals surface area contributed by atoms with Gasteiger partial charge in [0.05, 0.1) is 25.9 Å². The van der Waals surface area contributed by atoms with Gasteiger partial charge in [-0.3, -0.25) is 9.69 Å². The van der Waals surface area contributed by atoms with Crippen LogP contribution in [0.4, 0.5) is 4.79 Å². The Labute approximate surface area is 168 Å². The molecule has 1 aliphatic heterocycles. The smallest absolute Gasteiger partial charge is 0.324 e. The van der Waals surface area contributed by atoms with E-state index in [0.29, 0.717) is 13.0 Å². The van der Waals surface area contributed by atoms with E-state index in [4.69, 9.17) is 4.74 Å². The number of H-pyrrole nitrogens is 1. The number of β-amino-alcohol motifs (C(OH)–C–C–N with tert-alkyl or cyclic N) is 1. The summed E-state index contributed by atoms with van der Waals surface area (Å²) >= 11 is 0. The first-order valence-electron chi connectivity index (χ1n) is 9.58. The van der Waals surface area contributed by atoms with Crippen LogP contribution in [0.3, 0.4) is 0 Å². The molecule has 0 unspecified atom stereocenters. The molecule has 1 aromatic heterocycles. The van der Waals surface area contributed by atoms with Crippen molar-refractivity contribution < 1.29 is 19.4 Å². The van der Waals surface area contributed by atoms with Gasteiger partial charge >= 0.3 is 6.03 Å². The molecule has 0 saturated carbocycles. The van der Waals surface area contributed by atoms with Gasteiger partial charge in [0.1, 0.15) is 6.04 Å². The van der Waals surface area contributed by atoms with E-state index in [1.165, 1.54) is 0 Å². The maximum Gasteiger partial charge on any atom is 0.324 e. The van der Waals surface area contributed by atoms with Crippen LogP contribution in [-0.4, -0.2) is 52.2 Å². The number of hydrogen-bond acceptors (Lipinski definition) is 4. The molecule has 150 valence electrons. The molecule has 29 heavy (non-hydrogen) atoms. The van der Waals surface area contributed by atoms with E-state index in [9.17, 15) is 14.7 Å². The number of nitrogens with one attached hydrogen (secondary N) is 2. The topological polar surface area (TPSA) is 94.7 Å². The van der Waals surface area contributed by atoms with Crippen LogP contribution in [0.15, 0.2) is 60.8 Å². The first-order chi connectivity index (χ1) is 14.1. The zero-order chi connectivity index (χ0) is 20.2. The number of urea groups is 1. The molecule has 0 aliphatic carbocycles. The minimum atomic E-state index is -0.944. The van der Waals surface area contributed by atoms with Crippen LogP contribution in [0.1, 0.15) is 11.1 Å². The Balaban J connectivity index is 1.32. The van der Waals surface area contributed by atoms with E-state index in [1.807, 2.05) is 60.8 Å². The highest BCUT2D eigenvalue weighted by Crippen LogP contribution is 2.21. The number of rotatable bonds is 8. The summed E-state index contributed by atoms with van der Waals surface area (Å²) in [6.45, 7) is 0.310. The van der Waals surface area contributed by atoms with Crippen molar-refractivity contribution in [3.63, 3.8) is 0 Å². The zero-order valence-corrected chi connectivity index (χ0v) is 15.9. The highest BCUT2D eigenvalue weighted by Gasteiger charge is 2.39. The number of fused-ring (bicyclic) bond motifs is 1. The van der Waals surface area contributed by atoms with Gasteiger partial charge in [-0.2, -0.15) is 0 Å². The third-order valence-electron chi connectivity index (χ3n) is 5.02. The third kappa shape index (κ3) is 4.31. The molecule has 2 aromatic carbocycles. The number of benzene rings is 2. The summed E-state index contributed by atoms with van der Waals surface area (Å²) in [7, 11) is 0. The van der Waals surface area contributed by atoms with Crippen LogP contribution in [0.2, 0.25) is 0 Å². The van der Waals surface area contributed by atoms with Gasteiger partial charge in [-0.25, -0.2) is 4.79 Å². The van der Waals surface area contributed by atoms with E-state index in [-0.39, 0.29) is 19.1 Å². The molecule has 1 saturated heterocycles. The molecule has 2 heterocycles. The van der Waals surface area contributed by atoms with Gasteiger partial charge in [-0.1, -0.05) is 48.5 Å². The normalized spacial score (nSPS) is 17.7. The fourth-order valence-corrected chi connectivity index (χ4v) is 3.56. The largest absolute Gasteiger partial charge is 0.389 e. The van der Waals surface area contributed by atoms with Gasteiger partial charge in [-0.05, 0) is 17.2 Å². The highest BCUT2D eigenvalue weighted by molar-refractivity contribution is 6.04. The molecule has 4 rings (SSSR count). The molecule has 3 aromatic rings. The van der Waals surface area contributed by atoms with Crippen molar-refractivity contribution in [1.29, 1.82) is 0 Å². The second kappa shape index (κ2) is 8.46. The number of carbonyl (C=O) groups excluding carboxylic acids is 2. The molecule has 3 amide bonds. The lowest BCUT2D eigenvalue weighted by Crippen LogP contribution is -2.39. The molecule has 0 spiro atoms. The number of nitrogens with zero attached hydrogens (tertiary/aromatic N) is 1. The van der Waals surface area contributed by atoms with Crippen molar-refractivity contribution >= 4 is 22.8 Å². The van der Waals surface area contributed by atoms with Crippen LogP contribution in [-0.2, 0) is 22.6 Å². The minimum absolute atomic E-state index is 0.0407. The SMILES string of the molecule is O=C1N[C@H](Cc2c[nH]c3ccccc23)C(=O)N1C[C@@H](O)COCc1ccccc1. The van der Waals surface area contributed by atoms with Crippen LogP contribution >= 0.6 is 0 Å². The average Bonchev–Trinajstić information content (AvgIpc) is 3.25. The van der Waals surface area contributed by atoms with Gasteiger partial charge in [0, 0.05) is 23.5 Å². The summed E-state index contributed by atoms with van der Waals surface area (Å²) < 4.78 is 5.50. The predicted molar refractivity (Wildman–Crippen MR) is 108 cm³/mol. The fourth-order valence-electron chi connectivity index (χ4n) is 3.56. The number of aliphatic hydroxyl groups excluding tert-OH is 1. The number of amides is 3. The molecular weight excluding hydrogens is 370 g/mol. The molecule has 0 bridgehead atoms. The second-order valence-corrected chi connectivity index (χ2v) is 7.17. The number of carbonyl (C=O) groups is 2. The van der Waals surface area contributed by atoms with Gasteiger partial charge in [0.2, 0.25) is 0 Å². The Morgan fingerprint density at radius 3 is 2.66 bits per heavy atom. The van der Waals surface area contributed by atoms with E-state index in [2.05, 4.69) is 10.3 Å². The zero-order valence-electron chi connectivity index (χ0n) is 15.9. The van der Waals surface area contributed by atoms with Crippen molar-refractivity contribution in [2.24, 2.45) is 0 Å². The predicted octanol–water partition coefficient (Wildman–Crippen LogP) is 2.21. The van der Waals surface area contributed by atoms with Crippen LogP contribution in [0.25, 0.3) is 10.9 Å². The Morgan fingerprint density at radius 2 is 1.83 bits per heavy atom. The minimum Gasteiger partial charge on any atom is -0.389 e. The number of hydrogen-bond donors (Lipinski definition) is 3. The van der Waals surface area contributed by atoms with Crippen molar-refractivity contribution in [2.45, 2.75) is 25.2 Å². The lowest BCUT2D eigenvalue weighted by atomic mass is 10.1. The third-order valence-corrected chi connectivity index (χ3v) is 5.02. The summed E-state index contributed by atoms with van der Waals surface area (Å²) in [6.07, 6.45) is 1.31. The van der Waals surface area contributed by atoms with E-state index >= 15 is 0 Å². The molecular formula is C22H23N3O4. The molecule has 3 N–H and O–H groups in total. The van der Waals surface area contributed by atoms with Crippen LogP contribution in [0.5, 0.6) is 0 Å². The average molecular weight is 393 g/mol. The van der Waals surface area contributed by atoms with E-state index in [0.717, 1.165) is 26.9 Å². The molecule has 0 radical (unpaired) electrons. The summed E-state index contributed by atoms with van der Waals surface area (Å²) in [6, 6.07) is 16.3. The summed E-state index contributed by atoms with van der Waals surface area (Å²) in [5, 5.41) is 13.9. The number of ether oxygens (including phenoxy) is 1. The number of imide groups is 1. The Bertz CT molecular complexity index is 1000. The fraction of sp³-hybridized carbons (Fsp3) is 0.273. The first kappa shape index (κ1) is 19.2. The molecule has 1 fully saturated rings. The van der Waals surface area contributed by atoms with Crippen molar-refractivity contribution in [1.82, 2.24) is 15.2 Å². The monoisotopic (exact) mass is 393 g/mol. The van der Waals surface area contributed by atoms with Crippen molar-refractivity contribution in [2.75, 3.05) is 13.2 Å². The van der Waals surface area contributed by atoms with Crippen molar-refractivity contribution in [3.05, 3.63) is 71.9 Å².